The molecule has 1 aliphatic rings. The molecule has 1 fully saturated rings. The predicted octanol–water partition coefficient (Wildman–Crippen LogP) is 4.10. The smallest absolute Gasteiger partial charge is 0.207 e. The molecule has 1 aromatic heterocycles. The van der Waals surface area contributed by atoms with Crippen molar-refractivity contribution in [3.63, 3.8) is 0 Å². The first kappa shape index (κ1) is 15.7. The summed E-state index contributed by atoms with van der Waals surface area (Å²) in [4.78, 5) is 1.54. The molecule has 0 spiro atoms. The fourth-order valence-corrected chi connectivity index (χ4v) is 5.78. The van der Waals surface area contributed by atoms with Gasteiger partial charge in [-0.15, -0.1) is 11.3 Å². The molecule has 3 nitrogen and oxygen atoms in total. The Morgan fingerprint density at radius 3 is 2.32 bits per heavy atom. The number of aryl methyl sites for hydroxylation is 3. The van der Waals surface area contributed by atoms with Gasteiger partial charge in [-0.2, -0.15) is 0 Å². The van der Waals surface area contributed by atoms with E-state index in [9.17, 15) is 8.42 Å². The summed E-state index contributed by atoms with van der Waals surface area (Å²) < 4.78 is 28.8. The van der Waals surface area contributed by atoms with Crippen LogP contribution in [-0.2, 0) is 10.0 Å². The van der Waals surface area contributed by atoms with E-state index in [0.717, 1.165) is 34.4 Å². The largest absolute Gasteiger partial charge is 0.241 e. The third-order valence-corrected chi connectivity index (χ3v) is 6.80. The zero-order valence-corrected chi connectivity index (χ0v) is 14.7. The van der Waals surface area contributed by atoms with Crippen molar-refractivity contribution >= 4 is 21.4 Å². The fourth-order valence-electron chi connectivity index (χ4n) is 3.10. The fraction of sp³-hybridized carbons (Fsp3) is 0.412. The summed E-state index contributed by atoms with van der Waals surface area (Å²) in [5.74, 6) is 0.430. The number of hydrogen-bond acceptors (Lipinski definition) is 3. The Morgan fingerprint density at radius 2 is 1.82 bits per heavy atom. The summed E-state index contributed by atoms with van der Waals surface area (Å²) in [6.07, 6.45) is 2.19. The summed E-state index contributed by atoms with van der Waals surface area (Å²) in [5, 5.41) is 2.00. The van der Waals surface area contributed by atoms with Crippen LogP contribution in [0.1, 0.15) is 40.5 Å². The summed E-state index contributed by atoms with van der Waals surface area (Å²) in [7, 11) is -3.51. The van der Waals surface area contributed by atoms with Gasteiger partial charge in [-0.25, -0.2) is 13.1 Å². The highest BCUT2D eigenvalue weighted by atomic mass is 32.2. The molecule has 0 amide bonds. The van der Waals surface area contributed by atoms with Gasteiger partial charge in [0.15, 0.2) is 0 Å². The predicted molar refractivity (Wildman–Crippen MR) is 90.8 cm³/mol. The molecule has 0 bridgehead atoms. The Labute approximate surface area is 136 Å². The number of hydrogen-bond donors (Lipinski definition) is 1. The topological polar surface area (TPSA) is 46.2 Å². The summed E-state index contributed by atoms with van der Waals surface area (Å²) in [6, 6.07) is 7.76. The van der Waals surface area contributed by atoms with Crippen molar-refractivity contribution in [3.05, 3.63) is 51.2 Å². The van der Waals surface area contributed by atoms with Crippen molar-refractivity contribution in [2.75, 3.05) is 0 Å². The molecule has 118 valence electrons. The SMILES string of the molecule is Cc1cc(C)c(S(=O)(=O)N[C@H](c2cccs2)C2CC2)c(C)c1. The maximum Gasteiger partial charge on any atom is 0.241 e. The maximum absolute atomic E-state index is 12.9. The first-order valence-electron chi connectivity index (χ1n) is 7.52. The van der Waals surface area contributed by atoms with E-state index in [1.54, 1.807) is 11.3 Å². The third-order valence-electron chi connectivity index (χ3n) is 4.10. The Hall–Kier alpha value is -1.17. The van der Waals surface area contributed by atoms with Gasteiger partial charge < -0.3 is 0 Å². The Kier molecular flexibility index (Phi) is 4.14. The molecule has 0 aliphatic heterocycles. The van der Waals surface area contributed by atoms with E-state index < -0.39 is 10.0 Å². The Balaban J connectivity index is 1.96. The van der Waals surface area contributed by atoms with Crippen LogP contribution >= 0.6 is 11.3 Å². The van der Waals surface area contributed by atoms with Gasteiger partial charge in [0, 0.05) is 4.88 Å². The molecule has 3 rings (SSSR count). The molecule has 1 saturated carbocycles. The van der Waals surface area contributed by atoms with Gasteiger partial charge in [0.05, 0.1) is 10.9 Å². The molecule has 1 aliphatic carbocycles. The monoisotopic (exact) mass is 335 g/mol. The quantitative estimate of drug-likeness (QED) is 0.894. The van der Waals surface area contributed by atoms with E-state index in [-0.39, 0.29) is 6.04 Å². The number of nitrogens with one attached hydrogen (secondary N) is 1. The van der Waals surface area contributed by atoms with Gasteiger partial charge in [0.1, 0.15) is 0 Å². The third kappa shape index (κ3) is 3.12. The first-order chi connectivity index (χ1) is 10.4. The molecule has 1 aromatic carbocycles. The minimum absolute atomic E-state index is 0.0925. The number of sulfonamides is 1. The second kappa shape index (κ2) is 5.80. The Morgan fingerprint density at radius 1 is 1.18 bits per heavy atom. The normalized spacial score (nSPS) is 16.7. The van der Waals surface area contributed by atoms with Gasteiger partial charge in [-0.3, -0.25) is 0 Å². The van der Waals surface area contributed by atoms with Crippen LogP contribution < -0.4 is 4.72 Å². The molecular formula is C17H21NO2S2. The lowest BCUT2D eigenvalue weighted by Gasteiger charge is -2.19. The van der Waals surface area contributed by atoms with Crippen LogP contribution in [0.5, 0.6) is 0 Å². The van der Waals surface area contributed by atoms with Crippen LogP contribution in [0, 0.1) is 26.7 Å². The van der Waals surface area contributed by atoms with Crippen molar-refractivity contribution in [1.82, 2.24) is 4.72 Å². The highest BCUT2D eigenvalue weighted by Gasteiger charge is 2.36. The van der Waals surface area contributed by atoms with E-state index in [1.807, 2.05) is 50.4 Å². The molecule has 0 saturated heterocycles. The highest BCUT2D eigenvalue weighted by molar-refractivity contribution is 7.89. The summed E-state index contributed by atoms with van der Waals surface area (Å²) in [5.41, 5.74) is 2.71. The van der Waals surface area contributed by atoms with E-state index in [0.29, 0.717) is 10.8 Å². The van der Waals surface area contributed by atoms with Crippen molar-refractivity contribution in [2.24, 2.45) is 5.92 Å². The van der Waals surface area contributed by atoms with Crippen LogP contribution in [0.4, 0.5) is 0 Å². The standard InChI is InChI=1S/C17H21NO2S2/c1-11-9-12(2)17(13(3)10-11)22(19,20)18-16(14-6-7-14)15-5-4-8-21-15/h4-5,8-10,14,16,18H,6-7H2,1-3H3/t16-/m0/s1. The number of rotatable bonds is 5. The van der Waals surface area contributed by atoms with Crippen molar-refractivity contribution < 1.29 is 8.42 Å². The van der Waals surface area contributed by atoms with Gasteiger partial charge in [0.25, 0.3) is 0 Å². The zero-order valence-electron chi connectivity index (χ0n) is 13.1. The molecule has 1 heterocycles. The lowest BCUT2D eigenvalue weighted by atomic mass is 10.1. The van der Waals surface area contributed by atoms with Crippen LogP contribution in [0.15, 0.2) is 34.5 Å². The Bertz CT molecular complexity index is 752. The zero-order chi connectivity index (χ0) is 15.9. The first-order valence-corrected chi connectivity index (χ1v) is 9.88. The van der Waals surface area contributed by atoms with Crippen LogP contribution in [0.3, 0.4) is 0 Å². The van der Waals surface area contributed by atoms with Crippen molar-refractivity contribution in [3.8, 4) is 0 Å². The molecule has 5 heteroatoms. The molecule has 2 aromatic rings. The van der Waals surface area contributed by atoms with Crippen molar-refractivity contribution in [1.29, 1.82) is 0 Å². The van der Waals surface area contributed by atoms with Crippen LogP contribution in [0.2, 0.25) is 0 Å². The highest BCUT2D eigenvalue weighted by Crippen LogP contribution is 2.43. The average Bonchev–Trinajstić information content (AvgIpc) is 3.09. The van der Waals surface area contributed by atoms with Crippen LogP contribution in [0.25, 0.3) is 0 Å². The van der Waals surface area contributed by atoms with E-state index in [1.165, 1.54) is 0 Å². The minimum Gasteiger partial charge on any atom is -0.207 e. The number of benzene rings is 1. The summed E-state index contributed by atoms with van der Waals surface area (Å²) in [6.45, 7) is 5.72. The molecule has 22 heavy (non-hydrogen) atoms. The minimum atomic E-state index is -3.51. The summed E-state index contributed by atoms with van der Waals surface area (Å²) >= 11 is 1.62. The van der Waals surface area contributed by atoms with Crippen molar-refractivity contribution in [2.45, 2.75) is 44.6 Å². The second-order valence-corrected chi connectivity index (χ2v) is 8.81. The molecular weight excluding hydrogens is 314 g/mol. The number of thiophene rings is 1. The molecule has 0 radical (unpaired) electrons. The van der Waals surface area contributed by atoms with Crippen LogP contribution in [-0.4, -0.2) is 8.42 Å². The molecule has 1 N–H and O–H groups in total. The second-order valence-electron chi connectivity index (χ2n) is 6.18. The lowest BCUT2D eigenvalue weighted by Crippen LogP contribution is -2.30. The van der Waals surface area contributed by atoms with Gasteiger partial charge in [-0.1, -0.05) is 23.8 Å². The van der Waals surface area contributed by atoms with E-state index >= 15 is 0 Å². The van der Waals surface area contributed by atoms with E-state index in [4.69, 9.17) is 0 Å². The maximum atomic E-state index is 12.9. The van der Waals surface area contributed by atoms with Gasteiger partial charge in [-0.05, 0) is 62.1 Å². The van der Waals surface area contributed by atoms with Gasteiger partial charge in [0.2, 0.25) is 10.0 Å². The van der Waals surface area contributed by atoms with E-state index in [2.05, 4.69) is 4.72 Å². The van der Waals surface area contributed by atoms with Gasteiger partial charge >= 0.3 is 0 Å². The molecule has 1 atom stereocenters. The lowest BCUT2D eigenvalue weighted by molar-refractivity contribution is 0.533. The average molecular weight is 335 g/mol. The molecule has 0 unspecified atom stereocenters.